The molecule has 0 saturated carbocycles. The number of para-hydroxylation sites is 1. The predicted octanol–water partition coefficient (Wildman–Crippen LogP) is 4.50. The standard InChI is InChI=1S/C18H24N2O/c1-13(2)16-7-5-6-8-17(16)21-18-11-15(9-10-19-18)12-20-14(3)4/h5-11,13-14,20H,12H2,1-4H3. The largest absolute Gasteiger partial charge is 0.439 e. The molecule has 1 aromatic carbocycles. The van der Waals surface area contributed by atoms with Gasteiger partial charge in [-0.2, -0.15) is 0 Å². The van der Waals surface area contributed by atoms with E-state index >= 15 is 0 Å². The van der Waals surface area contributed by atoms with Crippen molar-refractivity contribution in [3.63, 3.8) is 0 Å². The Kier molecular flexibility index (Phi) is 5.34. The second kappa shape index (κ2) is 7.23. The molecule has 0 unspecified atom stereocenters. The van der Waals surface area contributed by atoms with Crippen LogP contribution in [0.2, 0.25) is 0 Å². The van der Waals surface area contributed by atoms with E-state index in [1.54, 1.807) is 6.20 Å². The number of aromatic nitrogens is 1. The topological polar surface area (TPSA) is 34.2 Å². The first-order valence-electron chi connectivity index (χ1n) is 7.51. The number of nitrogens with zero attached hydrogens (tertiary/aromatic N) is 1. The van der Waals surface area contributed by atoms with Crippen molar-refractivity contribution < 1.29 is 4.74 Å². The molecule has 1 aromatic heterocycles. The van der Waals surface area contributed by atoms with Gasteiger partial charge in [-0.1, -0.05) is 45.9 Å². The molecule has 0 radical (unpaired) electrons. The summed E-state index contributed by atoms with van der Waals surface area (Å²) in [5, 5.41) is 3.40. The SMILES string of the molecule is CC(C)NCc1ccnc(Oc2ccccc2C(C)C)c1. The fraction of sp³-hybridized carbons (Fsp3) is 0.389. The summed E-state index contributed by atoms with van der Waals surface area (Å²) >= 11 is 0. The maximum absolute atomic E-state index is 5.98. The van der Waals surface area contributed by atoms with Crippen molar-refractivity contribution in [2.75, 3.05) is 0 Å². The van der Waals surface area contributed by atoms with Gasteiger partial charge in [0.2, 0.25) is 5.88 Å². The third kappa shape index (κ3) is 4.57. The number of rotatable bonds is 6. The van der Waals surface area contributed by atoms with Gasteiger partial charge in [0, 0.05) is 24.8 Å². The molecule has 0 bridgehead atoms. The van der Waals surface area contributed by atoms with Crippen molar-refractivity contribution in [2.24, 2.45) is 0 Å². The van der Waals surface area contributed by atoms with Crippen LogP contribution >= 0.6 is 0 Å². The number of nitrogens with one attached hydrogen (secondary N) is 1. The molecule has 3 nitrogen and oxygen atoms in total. The molecule has 2 rings (SSSR count). The molecule has 0 atom stereocenters. The average Bonchev–Trinajstić information content (AvgIpc) is 2.46. The Bertz CT molecular complexity index is 579. The normalized spacial score (nSPS) is 11.1. The third-order valence-corrected chi connectivity index (χ3v) is 3.27. The summed E-state index contributed by atoms with van der Waals surface area (Å²) in [6.45, 7) is 9.43. The highest BCUT2D eigenvalue weighted by molar-refractivity contribution is 5.38. The second-order valence-electron chi connectivity index (χ2n) is 5.83. The number of benzene rings is 1. The first-order valence-corrected chi connectivity index (χ1v) is 7.51. The maximum Gasteiger partial charge on any atom is 0.219 e. The molecule has 0 fully saturated rings. The summed E-state index contributed by atoms with van der Waals surface area (Å²) in [6, 6.07) is 12.6. The number of hydrogen-bond acceptors (Lipinski definition) is 3. The molecule has 3 heteroatoms. The molecule has 0 aliphatic heterocycles. The minimum Gasteiger partial charge on any atom is -0.439 e. The van der Waals surface area contributed by atoms with E-state index < -0.39 is 0 Å². The molecule has 0 spiro atoms. The summed E-state index contributed by atoms with van der Waals surface area (Å²) < 4.78 is 5.98. The fourth-order valence-corrected chi connectivity index (χ4v) is 2.10. The summed E-state index contributed by atoms with van der Waals surface area (Å²) in [7, 11) is 0. The molecule has 21 heavy (non-hydrogen) atoms. The van der Waals surface area contributed by atoms with Crippen molar-refractivity contribution in [1.82, 2.24) is 10.3 Å². The van der Waals surface area contributed by atoms with Crippen molar-refractivity contribution in [2.45, 2.75) is 46.2 Å². The molecular formula is C18H24N2O. The van der Waals surface area contributed by atoms with Gasteiger partial charge in [0.15, 0.2) is 0 Å². The van der Waals surface area contributed by atoms with Crippen LogP contribution in [0.15, 0.2) is 42.6 Å². The zero-order valence-electron chi connectivity index (χ0n) is 13.3. The van der Waals surface area contributed by atoms with Gasteiger partial charge in [-0.3, -0.25) is 0 Å². The Hall–Kier alpha value is -1.87. The van der Waals surface area contributed by atoms with E-state index in [1.165, 1.54) is 11.1 Å². The summed E-state index contributed by atoms with van der Waals surface area (Å²) in [5.41, 5.74) is 2.38. The van der Waals surface area contributed by atoms with E-state index in [-0.39, 0.29) is 0 Å². The predicted molar refractivity (Wildman–Crippen MR) is 86.8 cm³/mol. The van der Waals surface area contributed by atoms with Crippen LogP contribution in [0.4, 0.5) is 0 Å². The quantitative estimate of drug-likeness (QED) is 0.848. The minimum absolute atomic E-state index is 0.423. The molecule has 0 saturated heterocycles. The molecule has 0 aliphatic carbocycles. The molecule has 2 aromatic rings. The molecule has 0 aliphatic rings. The van der Waals surface area contributed by atoms with Crippen LogP contribution in [-0.2, 0) is 6.54 Å². The van der Waals surface area contributed by atoms with E-state index in [4.69, 9.17) is 4.74 Å². The van der Waals surface area contributed by atoms with E-state index in [0.29, 0.717) is 17.8 Å². The van der Waals surface area contributed by atoms with Gasteiger partial charge in [-0.25, -0.2) is 4.98 Å². The number of pyridine rings is 1. The second-order valence-corrected chi connectivity index (χ2v) is 5.83. The van der Waals surface area contributed by atoms with Gasteiger partial charge >= 0.3 is 0 Å². The van der Waals surface area contributed by atoms with Crippen LogP contribution in [0.25, 0.3) is 0 Å². The monoisotopic (exact) mass is 284 g/mol. The lowest BCUT2D eigenvalue weighted by molar-refractivity contribution is 0.453. The Morgan fingerprint density at radius 1 is 1.10 bits per heavy atom. The van der Waals surface area contributed by atoms with Crippen LogP contribution in [0.5, 0.6) is 11.6 Å². The number of ether oxygens (including phenoxy) is 1. The Balaban J connectivity index is 2.15. The van der Waals surface area contributed by atoms with E-state index in [0.717, 1.165) is 12.3 Å². The Morgan fingerprint density at radius 3 is 2.57 bits per heavy atom. The summed E-state index contributed by atoms with van der Waals surface area (Å²) in [4.78, 5) is 4.31. The van der Waals surface area contributed by atoms with Crippen molar-refractivity contribution in [3.8, 4) is 11.6 Å². The van der Waals surface area contributed by atoms with Gasteiger partial charge in [0.1, 0.15) is 5.75 Å². The molecule has 1 N–H and O–H groups in total. The molecule has 1 heterocycles. The number of hydrogen-bond donors (Lipinski definition) is 1. The van der Waals surface area contributed by atoms with E-state index in [1.807, 2.05) is 30.3 Å². The van der Waals surface area contributed by atoms with Gasteiger partial charge in [-0.15, -0.1) is 0 Å². The average molecular weight is 284 g/mol. The minimum atomic E-state index is 0.423. The van der Waals surface area contributed by atoms with Gasteiger partial charge in [0.25, 0.3) is 0 Å². The van der Waals surface area contributed by atoms with E-state index in [9.17, 15) is 0 Å². The lowest BCUT2D eigenvalue weighted by atomic mass is 10.0. The fourth-order valence-electron chi connectivity index (χ4n) is 2.10. The van der Waals surface area contributed by atoms with Crippen molar-refractivity contribution in [1.29, 1.82) is 0 Å². The summed E-state index contributed by atoms with van der Waals surface area (Å²) in [6.07, 6.45) is 1.80. The summed E-state index contributed by atoms with van der Waals surface area (Å²) in [5.74, 6) is 1.95. The van der Waals surface area contributed by atoms with Crippen LogP contribution < -0.4 is 10.1 Å². The van der Waals surface area contributed by atoms with Crippen LogP contribution in [0.1, 0.15) is 44.7 Å². The van der Waals surface area contributed by atoms with Gasteiger partial charge in [-0.05, 0) is 29.2 Å². The first kappa shape index (κ1) is 15.5. The highest BCUT2D eigenvalue weighted by Gasteiger charge is 2.08. The van der Waals surface area contributed by atoms with E-state index in [2.05, 4.69) is 44.1 Å². The zero-order valence-corrected chi connectivity index (χ0v) is 13.3. The third-order valence-electron chi connectivity index (χ3n) is 3.27. The van der Waals surface area contributed by atoms with Crippen LogP contribution in [0.3, 0.4) is 0 Å². The Labute approximate surface area is 127 Å². The van der Waals surface area contributed by atoms with Crippen LogP contribution in [-0.4, -0.2) is 11.0 Å². The molecular weight excluding hydrogens is 260 g/mol. The van der Waals surface area contributed by atoms with Gasteiger partial charge in [0.05, 0.1) is 0 Å². The maximum atomic E-state index is 5.98. The smallest absolute Gasteiger partial charge is 0.219 e. The lowest BCUT2D eigenvalue weighted by Gasteiger charge is -2.13. The van der Waals surface area contributed by atoms with Crippen molar-refractivity contribution in [3.05, 3.63) is 53.7 Å². The lowest BCUT2D eigenvalue weighted by Crippen LogP contribution is -2.21. The van der Waals surface area contributed by atoms with Crippen molar-refractivity contribution >= 4 is 0 Å². The molecule has 112 valence electrons. The van der Waals surface area contributed by atoms with Crippen LogP contribution in [0, 0.1) is 0 Å². The first-order chi connectivity index (χ1) is 10.1. The molecule has 0 amide bonds. The van der Waals surface area contributed by atoms with Gasteiger partial charge < -0.3 is 10.1 Å². The zero-order chi connectivity index (χ0) is 15.2. The highest BCUT2D eigenvalue weighted by Crippen LogP contribution is 2.29. The Morgan fingerprint density at radius 2 is 1.86 bits per heavy atom. The highest BCUT2D eigenvalue weighted by atomic mass is 16.5.